The van der Waals surface area contributed by atoms with E-state index >= 15 is 0 Å². The first-order valence-electron chi connectivity index (χ1n) is 6.35. The monoisotopic (exact) mass is 249 g/mol. The van der Waals surface area contributed by atoms with Crippen molar-refractivity contribution in [3.63, 3.8) is 0 Å². The molecule has 1 aromatic heterocycles. The predicted octanol–water partition coefficient (Wildman–Crippen LogP) is 4.12. The molecule has 0 aliphatic heterocycles. The lowest BCUT2D eigenvalue weighted by atomic mass is 10.1. The Morgan fingerprint density at radius 1 is 0.895 bits per heavy atom. The summed E-state index contributed by atoms with van der Waals surface area (Å²) in [4.78, 5) is 4.31. The van der Waals surface area contributed by atoms with Crippen LogP contribution in [0.3, 0.4) is 0 Å². The lowest BCUT2D eigenvalue weighted by molar-refractivity contribution is 0.310. The Morgan fingerprint density at radius 2 is 1.74 bits per heavy atom. The van der Waals surface area contributed by atoms with Crippen LogP contribution in [-0.4, -0.2) is 4.98 Å². The first kappa shape index (κ1) is 11.7. The van der Waals surface area contributed by atoms with Crippen molar-refractivity contribution >= 4 is 10.8 Å². The molecule has 3 rings (SSSR count). The van der Waals surface area contributed by atoms with Crippen LogP contribution in [0.1, 0.15) is 11.3 Å². The molecule has 0 aliphatic rings. The minimum Gasteiger partial charge on any atom is -0.488 e. The maximum atomic E-state index is 5.93. The van der Waals surface area contributed by atoms with Crippen molar-refractivity contribution in [3.8, 4) is 5.75 Å². The first-order valence-corrected chi connectivity index (χ1v) is 6.35. The van der Waals surface area contributed by atoms with Crippen LogP contribution < -0.4 is 4.74 Å². The molecule has 1 heterocycles. The van der Waals surface area contributed by atoms with Crippen molar-refractivity contribution in [2.45, 2.75) is 13.5 Å². The van der Waals surface area contributed by atoms with E-state index in [1.165, 1.54) is 5.56 Å². The summed E-state index contributed by atoms with van der Waals surface area (Å²) in [5, 5.41) is 2.26. The van der Waals surface area contributed by atoms with E-state index < -0.39 is 0 Å². The average Bonchev–Trinajstić information content (AvgIpc) is 2.47. The molecule has 0 radical (unpaired) electrons. The molecule has 0 atom stereocenters. The number of hydrogen-bond donors (Lipinski definition) is 0. The van der Waals surface area contributed by atoms with Crippen LogP contribution >= 0.6 is 0 Å². The van der Waals surface area contributed by atoms with Crippen molar-refractivity contribution < 1.29 is 4.74 Å². The van der Waals surface area contributed by atoms with Gasteiger partial charge in [0.15, 0.2) is 0 Å². The van der Waals surface area contributed by atoms with Crippen molar-refractivity contribution in [3.05, 3.63) is 72.1 Å². The smallest absolute Gasteiger partial charge is 0.127 e. The third kappa shape index (κ3) is 2.43. The minimum absolute atomic E-state index is 0.585. The summed E-state index contributed by atoms with van der Waals surface area (Å²) in [6.07, 6.45) is 1.83. The van der Waals surface area contributed by atoms with Gasteiger partial charge < -0.3 is 4.74 Å². The number of ether oxygens (including phenoxy) is 1. The summed E-state index contributed by atoms with van der Waals surface area (Å²) in [5.74, 6) is 0.909. The number of pyridine rings is 1. The number of rotatable bonds is 3. The molecule has 0 aliphatic carbocycles. The van der Waals surface area contributed by atoms with Gasteiger partial charge in [0.25, 0.3) is 0 Å². The molecule has 3 aromatic rings. The lowest BCUT2D eigenvalue weighted by Crippen LogP contribution is -1.96. The molecule has 2 heteroatoms. The van der Waals surface area contributed by atoms with E-state index in [9.17, 15) is 0 Å². The van der Waals surface area contributed by atoms with E-state index in [0.29, 0.717) is 6.61 Å². The van der Waals surface area contributed by atoms with Crippen LogP contribution in [0.5, 0.6) is 5.75 Å². The Morgan fingerprint density at radius 3 is 2.58 bits per heavy atom. The van der Waals surface area contributed by atoms with Gasteiger partial charge in [0.05, 0.1) is 0 Å². The molecule has 0 amide bonds. The van der Waals surface area contributed by atoms with Gasteiger partial charge in [0.1, 0.15) is 12.4 Å². The molecule has 0 fully saturated rings. The molecule has 0 unspecified atom stereocenters. The van der Waals surface area contributed by atoms with Crippen LogP contribution in [0.2, 0.25) is 0 Å². The number of aromatic nitrogens is 1. The van der Waals surface area contributed by atoms with Crippen molar-refractivity contribution in [2.75, 3.05) is 0 Å². The molecular formula is C17H15NO. The maximum Gasteiger partial charge on any atom is 0.127 e. The fourth-order valence-electron chi connectivity index (χ4n) is 2.19. The number of hydrogen-bond acceptors (Lipinski definition) is 2. The molecular weight excluding hydrogens is 234 g/mol. The molecule has 2 aromatic carbocycles. The third-order valence-corrected chi connectivity index (χ3v) is 3.20. The van der Waals surface area contributed by atoms with Gasteiger partial charge in [-0.1, -0.05) is 42.5 Å². The Bertz CT molecular complexity index is 692. The van der Waals surface area contributed by atoms with E-state index in [1.54, 1.807) is 0 Å². The topological polar surface area (TPSA) is 22.1 Å². The van der Waals surface area contributed by atoms with Crippen molar-refractivity contribution in [1.82, 2.24) is 4.98 Å². The number of fused-ring (bicyclic) bond motifs is 1. The zero-order valence-electron chi connectivity index (χ0n) is 10.8. The van der Waals surface area contributed by atoms with Crippen LogP contribution in [0.25, 0.3) is 10.8 Å². The molecule has 0 spiro atoms. The summed E-state index contributed by atoms with van der Waals surface area (Å²) in [6.45, 7) is 2.60. The van der Waals surface area contributed by atoms with Gasteiger partial charge in [-0.3, -0.25) is 4.98 Å². The van der Waals surface area contributed by atoms with Gasteiger partial charge in [-0.05, 0) is 24.6 Å². The zero-order valence-corrected chi connectivity index (χ0v) is 10.8. The normalized spacial score (nSPS) is 10.6. The molecule has 0 saturated heterocycles. The second kappa shape index (κ2) is 5.11. The highest BCUT2D eigenvalue weighted by Crippen LogP contribution is 2.27. The molecule has 0 saturated carbocycles. The summed E-state index contributed by atoms with van der Waals surface area (Å²) in [7, 11) is 0. The lowest BCUT2D eigenvalue weighted by Gasteiger charge is -2.10. The van der Waals surface area contributed by atoms with E-state index in [4.69, 9.17) is 4.74 Å². The van der Waals surface area contributed by atoms with E-state index in [2.05, 4.69) is 23.2 Å². The maximum absolute atomic E-state index is 5.93. The number of nitrogens with zero attached hydrogens (tertiary/aromatic N) is 1. The third-order valence-electron chi connectivity index (χ3n) is 3.20. The average molecular weight is 249 g/mol. The largest absolute Gasteiger partial charge is 0.488 e. The molecule has 0 bridgehead atoms. The Kier molecular flexibility index (Phi) is 3.15. The quantitative estimate of drug-likeness (QED) is 0.696. The predicted molar refractivity (Wildman–Crippen MR) is 77.3 cm³/mol. The summed E-state index contributed by atoms with van der Waals surface area (Å²) < 4.78 is 5.93. The van der Waals surface area contributed by atoms with Gasteiger partial charge in [0, 0.05) is 22.7 Å². The van der Waals surface area contributed by atoms with Crippen LogP contribution in [0.15, 0.2) is 60.8 Å². The van der Waals surface area contributed by atoms with Crippen LogP contribution in [-0.2, 0) is 6.61 Å². The Balaban J connectivity index is 1.91. The summed E-state index contributed by atoms with van der Waals surface area (Å²) >= 11 is 0. The highest BCUT2D eigenvalue weighted by Gasteiger charge is 2.04. The standard InChI is InChI=1S/C17H15NO/c1-13-15-8-5-9-17(16(15)10-11-18-13)19-12-14-6-3-2-4-7-14/h2-11H,12H2,1H3. The minimum atomic E-state index is 0.585. The second-order valence-electron chi connectivity index (χ2n) is 4.52. The Hall–Kier alpha value is -2.35. The highest BCUT2D eigenvalue weighted by atomic mass is 16.5. The van der Waals surface area contributed by atoms with E-state index in [1.807, 2.05) is 49.5 Å². The second-order valence-corrected chi connectivity index (χ2v) is 4.52. The van der Waals surface area contributed by atoms with Crippen molar-refractivity contribution in [2.24, 2.45) is 0 Å². The van der Waals surface area contributed by atoms with Crippen LogP contribution in [0, 0.1) is 6.92 Å². The molecule has 0 N–H and O–H groups in total. The van der Waals surface area contributed by atoms with Crippen LogP contribution in [0.4, 0.5) is 0 Å². The van der Waals surface area contributed by atoms with E-state index in [0.717, 1.165) is 22.2 Å². The highest BCUT2D eigenvalue weighted by molar-refractivity contribution is 5.89. The van der Waals surface area contributed by atoms with Gasteiger partial charge in [0.2, 0.25) is 0 Å². The fourth-order valence-corrected chi connectivity index (χ4v) is 2.19. The summed E-state index contributed by atoms with van der Waals surface area (Å²) in [5.41, 5.74) is 2.20. The zero-order chi connectivity index (χ0) is 13.1. The van der Waals surface area contributed by atoms with Crippen molar-refractivity contribution in [1.29, 1.82) is 0 Å². The number of benzene rings is 2. The fraction of sp³-hybridized carbons (Fsp3) is 0.118. The van der Waals surface area contributed by atoms with Gasteiger partial charge in [-0.2, -0.15) is 0 Å². The SMILES string of the molecule is Cc1nccc2c(OCc3ccccc3)cccc12. The molecule has 94 valence electrons. The van der Waals surface area contributed by atoms with Gasteiger partial charge >= 0.3 is 0 Å². The van der Waals surface area contributed by atoms with Gasteiger partial charge in [-0.15, -0.1) is 0 Å². The Labute approximate surface area is 112 Å². The van der Waals surface area contributed by atoms with E-state index in [-0.39, 0.29) is 0 Å². The molecule has 19 heavy (non-hydrogen) atoms. The van der Waals surface area contributed by atoms with Gasteiger partial charge in [-0.25, -0.2) is 0 Å². The first-order chi connectivity index (χ1) is 9.34. The summed E-state index contributed by atoms with van der Waals surface area (Å²) in [6, 6.07) is 18.3. The molecule has 2 nitrogen and oxygen atoms in total. The number of aryl methyl sites for hydroxylation is 1.